The number of nitrogens with zero attached hydrogens (tertiary/aromatic N) is 2. The van der Waals surface area contributed by atoms with Crippen molar-refractivity contribution in [3.8, 4) is 5.75 Å². The maximum Gasteiger partial charge on any atom is 0.308 e. The molecule has 0 radical (unpaired) electrons. The standard InChI is InChI=1S/C20H26N2O6/c1-13(23)15-6-4-8-17(10-15)28-14(2)19(25)21(3)12-18(24)22-9-5-7-16(11-22)20(26)27/h4,6,8,10,14,16H,5,7,9,11-12H2,1-3H3,(H,26,27). The van der Waals surface area contributed by atoms with E-state index in [4.69, 9.17) is 9.84 Å². The Hall–Kier alpha value is -2.90. The summed E-state index contributed by atoms with van der Waals surface area (Å²) >= 11 is 0. The zero-order valence-electron chi connectivity index (χ0n) is 16.4. The molecule has 0 aromatic heterocycles. The van der Waals surface area contributed by atoms with Crippen molar-refractivity contribution in [2.45, 2.75) is 32.8 Å². The van der Waals surface area contributed by atoms with E-state index in [1.54, 1.807) is 31.2 Å². The maximum atomic E-state index is 12.5. The molecule has 0 bridgehead atoms. The molecular weight excluding hydrogens is 364 g/mol. The Bertz CT molecular complexity index is 763. The van der Waals surface area contributed by atoms with Gasteiger partial charge in [0.25, 0.3) is 5.91 Å². The lowest BCUT2D eigenvalue weighted by molar-refractivity contribution is -0.148. The zero-order valence-corrected chi connectivity index (χ0v) is 16.4. The van der Waals surface area contributed by atoms with Crippen molar-refractivity contribution < 1.29 is 29.0 Å². The quantitative estimate of drug-likeness (QED) is 0.707. The third kappa shape index (κ3) is 5.55. The van der Waals surface area contributed by atoms with E-state index in [1.807, 2.05) is 0 Å². The van der Waals surface area contributed by atoms with Gasteiger partial charge in [-0.25, -0.2) is 0 Å². The molecule has 1 heterocycles. The van der Waals surface area contributed by atoms with Crippen LogP contribution in [0.25, 0.3) is 0 Å². The van der Waals surface area contributed by atoms with Crippen molar-refractivity contribution >= 4 is 23.6 Å². The highest BCUT2D eigenvalue weighted by Crippen LogP contribution is 2.18. The summed E-state index contributed by atoms with van der Waals surface area (Å²) in [7, 11) is 1.50. The second-order valence-electron chi connectivity index (χ2n) is 7.06. The van der Waals surface area contributed by atoms with E-state index in [9.17, 15) is 19.2 Å². The van der Waals surface area contributed by atoms with Gasteiger partial charge in [-0.2, -0.15) is 0 Å². The first-order chi connectivity index (χ1) is 13.2. The van der Waals surface area contributed by atoms with Crippen molar-refractivity contribution in [1.29, 1.82) is 0 Å². The maximum absolute atomic E-state index is 12.5. The second-order valence-corrected chi connectivity index (χ2v) is 7.06. The van der Waals surface area contributed by atoms with Gasteiger partial charge in [-0.15, -0.1) is 0 Å². The van der Waals surface area contributed by atoms with E-state index < -0.39 is 18.0 Å². The van der Waals surface area contributed by atoms with Gasteiger partial charge in [-0.3, -0.25) is 19.2 Å². The molecule has 8 heteroatoms. The molecule has 2 atom stereocenters. The highest BCUT2D eigenvalue weighted by molar-refractivity contribution is 5.94. The Labute approximate surface area is 164 Å². The first-order valence-corrected chi connectivity index (χ1v) is 9.22. The predicted molar refractivity (Wildman–Crippen MR) is 101 cm³/mol. The van der Waals surface area contributed by atoms with Crippen LogP contribution in [0.3, 0.4) is 0 Å². The Balaban J connectivity index is 1.92. The van der Waals surface area contributed by atoms with Gasteiger partial charge >= 0.3 is 5.97 Å². The van der Waals surface area contributed by atoms with Crippen molar-refractivity contribution in [2.24, 2.45) is 5.92 Å². The molecule has 1 aromatic rings. The smallest absolute Gasteiger partial charge is 0.308 e. The third-order valence-electron chi connectivity index (χ3n) is 4.77. The highest BCUT2D eigenvalue weighted by Gasteiger charge is 2.29. The van der Waals surface area contributed by atoms with Gasteiger partial charge in [0.2, 0.25) is 5.91 Å². The normalized spacial score (nSPS) is 17.5. The SMILES string of the molecule is CC(=O)c1cccc(OC(C)C(=O)N(C)CC(=O)N2CCCC(C(=O)O)C2)c1. The van der Waals surface area contributed by atoms with E-state index in [-0.39, 0.29) is 30.7 Å². The number of hydrogen-bond acceptors (Lipinski definition) is 5. The number of likely N-dealkylation sites (N-methyl/N-ethyl adjacent to an activating group) is 1. The molecular formula is C20H26N2O6. The number of carbonyl (C=O) groups excluding carboxylic acids is 3. The minimum absolute atomic E-state index is 0.103. The van der Waals surface area contributed by atoms with Crippen LogP contribution in [0.1, 0.15) is 37.0 Å². The fourth-order valence-corrected chi connectivity index (χ4v) is 3.14. The molecule has 28 heavy (non-hydrogen) atoms. The lowest BCUT2D eigenvalue weighted by Crippen LogP contribution is -2.48. The van der Waals surface area contributed by atoms with Crippen molar-refractivity contribution in [3.63, 3.8) is 0 Å². The van der Waals surface area contributed by atoms with Crippen LogP contribution in [0.2, 0.25) is 0 Å². The molecule has 0 spiro atoms. The largest absolute Gasteiger partial charge is 0.481 e. The van der Waals surface area contributed by atoms with Crippen LogP contribution >= 0.6 is 0 Å². The summed E-state index contributed by atoms with van der Waals surface area (Å²) in [5.74, 6) is -1.84. The number of likely N-dealkylation sites (tertiary alicyclic amines) is 1. The van der Waals surface area contributed by atoms with Gasteiger partial charge in [-0.1, -0.05) is 12.1 Å². The summed E-state index contributed by atoms with van der Waals surface area (Å²) in [6.45, 7) is 3.54. The molecule has 2 amide bonds. The van der Waals surface area contributed by atoms with E-state index >= 15 is 0 Å². The fraction of sp³-hybridized carbons (Fsp3) is 0.500. The summed E-state index contributed by atoms with van der Waals surface area (Å²) in [4.78, 5) is 50.3. The summed E-state index contributed by atoms with van der Waals surface area (Å²) in [6.07, 6.45) is 0.345. The van der Waals surface area contributed by atoms with Gasteiger partial charge in [0.15, 0.2) is 11.9 Å². The molecule has 2 rings (SSSR count). The number of ether oxygens (including phenoxy) is 1. The van der Waals surface area contributed by atoms with E-state index in [2.05, 4.69) is 0 Å². The van der Waals surface area contributed by atoms with E-state index in [0.29, 0.717) is 30.7 Å². The van der Waals surface area contributed by atoms with Gasteiger partial charge in [-0.05, 0) is 38.8 Å². The van der Waals surface area contributed by atoms with Gasteiger partial charge in [0.1, 0.15) is 5.75 Å². The summed E-state index contributed by atoms with van der Waals surface area (Å²) in [5.41, 5.74) is 0.485. The fourth-order valence-electron chi connectivity index (χ4n) is 3.14. The van der Waals surface area contributed by atoms with Crippen LogP contribution in [0.4, 0.5) is 0 Å². The number of benzene rings is 1. The number of hydrogen-bond donors (Lipinski definition) is 1. The number of rotatable bonds is 7. The predicted octanol–water partition coefficient (Wildman–Crippen LogP) is 1.44. The van der Waals surface area contributed by atoms with Crippen molar-refractivity contribution in [3.05, 3.63) is 29.8 Å². The van der Waals surface area contributed by atoms with Crippen LogP contribution in [-0.4, -0.2) is 71.3 Å². The van der Waals surface area contributed by atoms with Crippen LogP contribution < -0.4 is 4.74 Å². The van der Waals surface area contributed by atoms with E-state index in [1.165, 1.54) is 23.8 Å². The van der Waals surface area contributed by atoms with Gasteiger partial charge < -0.3 is 19.6 Å². The number of amides is 2. The summed E-state index contributed by atoms with van der Waals surface area (Å²) in [6, 6.07) is 6.55. The zero-order chi connectivity index (χ0) is 20.8. The number of carboxylic acids is 1. The number of ketones is 1. The first-order valence-electron chi connectivity index (χ1n) is 9.22. The molecule has 1 aromatic carbocycles. The van der Waals surface area contributed by atoms with Crippen molar-refractivity contribution in [2.75, 3.05) is 26.7 Å². The highest BCUT2D eigenvalue weighted by atomic mass is 16.5. The van der Waals surface area contributed by atoms with Gasteiger partial charge in [0, 0.05) is 25.7 Å². The monoisotopic (exact) mass is 390 g/mol. The number of carbonyl (C=O) groups is 4. The minimum Gasteiger partial charge on any atom is -0.481 e. The molecule has 1 fully saturated rings. The van der Waals surface area contributed by atoms with Crippen LogP contribution in [0, 0.1) is 5.92 Å². The molecule has 1 N–H and O–H groups in total. The van der Waals surface area contributed by atoms with Crippen LogP contribution in [-0.2, 0) is 14.4 Å². The number of Topliss-reactive ketones (excluding diaryl/α,β-unsaturated/α-hetero) is 1. The average Bonchev–Trinajstić information content (AvgIpc) is 2.67. The van der Waals surface area contributed by atoms with E-state index in [0.717, 1.165) is 0 Å². The first kappa shape index (κ1) is 21.4. The molecule has 1 aliphatic rings. The molecule has 2 unspecified atom stereocenters. The number of piperidine rings is 1. The van der Waals surface area contributed by atoms with Crippen LogP contribution in [0.15, 0.2) is 24.3 Å². The Morgan fingerprint density at radius 1 is 1.32 bits per heavy atom. The Kier molecular flexibility index (Phi) is 7.14. The number of carboxylic acid groups (broad SMARTS) is 1. The minimum atomic E-state index is -0.906. The number of aliphatic carboxylic acids is 1. The lowest BCUT2D eigenvalue weighted by Gasteiger charge is -2.32. The Morgan fingerprint density at radius 3 is 2.68 bits per heavy atom. The molecule has 1 aliphatic heterocycles. The molecule has 0 saturated carbocycles. The second kappa shape index (κ2) is 9.34. The Morgan fingerprint density at radius 2 is 2.04 bits per heavy atom. The average molecular weight is 390 g/mol. The van der Waals surface area contributed by atoms with Crippen LogP contribution in [0.5, 0.6) is 5.75 Å². The summed E-state index contributed by atoms with van der Waals surface area (Å²) < 4.78 is 5.62. The topological polar surface area (TPSA) is 104 Å². The molecule has 1 saturated heterocycles. The molecule has 0 aliphatic carbocycles. The third-order valence-corrected chi connectivity index (χ3v) is 4.77. The van der Waals surface area contributed by atoms with Crippen molar-refractivity contribution in [1.82, 2.24) is 9.80 Å². The van der Waals surface area contributed by atoms with Gasteiger partial charge in [0.05, 0.1) is 12.5 Å². The summed E-state index contributed by atoms with van der Waals surface area (Å²) in [5, 5.41) is 9.13. The lowest BCUT2D eigenvalue weighted by atomic mass is 9.98. The molecule has 8 nitrogen and oxygen atoms in total. The molecule has 152 valence electrons.